The van der Waals surface area contributed by atoms with Crippen molar-refractivity contribution in [2.75, 3.05) is 7.11 Å². The van der Waals surface area contributed by atoms with Crippen molar-refractivity contribution in [2.24, 2.45) is 5.73 Å². The lowest BCUT2D eigenvalue weighted by Crippen LogP contribution is -1.98. The molecule has 0 bridgehead atoms. The molecule has 0 heterocycles. The first-order chi connectivity index (χ1) is 5.77. The van der Waals surface area contributed by atoms with E-state index in [0.717, 1.165) is 5.56 Å². The molecule has 1 aromatic carbocycles. The quantitative estimate of drug-likeness (QED) is 0.741. The Bertz CT molecular complexity index is 230. The van der Waals surface area contributed by atoms with Crippen LogP contribution in [0.15, 0.2) is 24.3 Å². The highest BCUT2D eigenvalue weighted by Crippen LogP contribution is 2.15. The van der Waals surface area contributed by atoms with E-state index < -0.39 is 0 Å². The SMILES string of the molecule is CO[C@@H](C)c1ccc(CN)cc1. The maximum absolute atomic E-state index is 5.48. The molecule has 0 aliphatic carbocycles. The Balaban J connectivity index is 2.77. The van der Waals surface area contributed by atoms with E-state index >= 15 is 0 Å². The van der Waals surface area contributed by atoms with Crippen molar-refractivity contribution in [3.05, 3.63) is 35.4 Å². The summed E-state index contributed by atoms with van der Waals surface area (Å²) in [5.74, 6) is 0. The third-order valence-electron chi connectivity index (χ3n) is 2.04. The monoisotopic (exact) mass is 165 g/mol. The number of ether oxygens (including phenoxy) is 1. The Morgan fingerprint density at radius 1 is 1.33 bits per heavy atom. The highest BCUT2D eigenvalue weighted by atomic mass is 16.5. The van der Waals surface area contributed by atoms with Crippen molar-refractivity contribution in [3.8, 4) is 0 Å². The molecule has 0 amide bonds. The summed E-state index contributed by atoms with van der Waals surface area (Å²) < 4.78 is 5.18. The lowest BCUT2D eigenvalue weighted by atomic mass is 10.1. The Morgan fingerprint density at radius 2 is 1.92 bits per heavy atom. The lowest BCUT2D eigenvalue weighted by molar-refractivity contribution is 0.119. The van der Waals surface area contributed by atoms with E-state index in [9.17, 15) is 0 Å². The zero-order valence-electron chi connectivity index (χ0n) is 7.58. The third kappa shape index (κ3) is 2.06. The average molecular weight is 165 g/mol. The summed E-state index contributed by atoms with van der Waals surface area (Å²) in [6.45, 7) is 2.62. The molecule has 0 saturated heterocycles. The van der Waals surface area contributed by atoms with Crippen molar-refractivity contribution in [2.45, 2.75) is 19.6 Å². The minimum Gasteiger partial charge on any atom is -0.377 e. The van der Waals surface area contributed by atoms with Crippen LogP contribution in [0.5, 0.6) is 0 Å². The standard InChI is InChI=1S/C10H15NO/c1-8(12-2)10-5-3-9(7-11)4-6-10/h3-6,8H,7,11H2,1-2H3/t8-/m0/s1. The fraction of sp³-hybridized carbons (Fsp3) is 0.400. The van der Waals surface area contributed by atoms with Crippen molar-refractivity contribution in [1.82, 2.24) is 0 Å². The predicted octanol–water partition coefficient (Wildman–Crippen LogP) is 1.85. The number of hydrogen-bond acceptors (Lipinski definition) is 2. The topological polar surface area (TPSA) is 35.2 Å². The van der Waals surface area contributed by atoms with Crippen LogP contribution in [-0.4, -0.2) is 7.11 Å². The normalized spacial score (nSPS) is 12.9. The van der Waals surface area contributed by atoms with Gasteiger partial charge in [-0.05, 0) is 18.1 Å². The van der Waals surface area contributed by atoms with Gasteiger partial charge >= 0.3 is 0 Å². The maximum atomic E-state index is 5.48. The van der Waals surface area contributed by atoms with Gasteiger partial charge in [-0.1, -0.05) is 24.3 Å². The summed E-state index contributed by atoms with van der Waals surface area (Å²) >= 11 is 0. The van der Waals surface area contributed by atoms with E-state index in [0.29, 0.717) is 6.54 Å². The Kier molecular flexibility index (Phi) is 3.26. The third-order valence-corrected chi connectivity index (χ3v) is 2.04. The Labute approximate surface area is 73.3 Å². The molecule has 12 heavy (non-hydrogen) atoms. The molecule has 0 aliphatic heterocycles. The Morgan fingerprint density at radius 3 is 2.33 bits per heavy atom. The van der Waals surface area contributed by atoms with Crippen LogP contribution in [0, 0.1) is 0 Å². The molecule has 1 atom stereocenters. The van der Waals surface area contributed by atoms with Gasteiger partial charge in [0.25, 0.3) is 0 Å². The van der Waals surface area contributed by atoms with Crippen LogP contribution < -0.4 is 5.73 Å². The molecule has 2 N–H and O–H groups in total. The molecule has 2 heteroatoms. The van der Waals surface area contributed by atoms with Crippen LogP contribution in [0.3, 0.4) is 0 Å². The lowest BCUT2D eigenvalue weighted by Gasteiger charge is -2.09. The Hall–Kier alpha value is -0.860. The average Bonchev–Trinajstić information content (AvgIpc) is 2.17. The minimum absolute atomic E-state index is 0.164. The van der Waals surface area contributed by atoms with E-state index in [4.69, 9.17) is 10.5 Å². The summed E-state index contributed by atoms with van der Waals surface area (Å²) in [7, 11) is 1.71. The second-order valence-corrected chi connectivity index (χ2v) is 2.82. The highest BCUT2D eigenvalue weighted by Gasteiger charge is 2.01. The summed E-state index contributed by atoms with van der Waals surface area (Å²) in [5, 5.41) is 0. The highest BCUT2D eigenvalue weighted by molar-refractivity contribution is 5.23. The molecule has 0 aromatic heterocycles. The van der Waals surface area contributed by atoms with E-state index in [-0.39, 0.29) is 6.10 Å². The summed E-state index contributed by atoms with van der Waals surface area (Å²) in [6.07, 6.45) is 0.164. The number of benzene rings is 1. The van der Waals surface area contributed by atoms with E-state index in [2.05, 4.69) is 12.1 Å². The summed E-state index contributed by atoms with van der Waals surface area (Å²) in [4.78, 5) is 0. The van der Waals surface area contributed by atoms with Crippen LogP contribution >= 0.6 is 0 Å². The molecular weight excluding hydrogens is 150 g/mol. The van der Waals surface area contributed by atoms with Crippen LogP contribution in [0.4, 0.5) is 0 Å². The molecule has 0 fully saturated rings. The van der Waals surface area contributed by atoms with Crippen molar-refractivity contribution < 1.29 is 4.74 Å². The molecule has 0 aliphatic rings. The van der Waals surface area contributed by atoms with Gasteiger partial charge in [0.05, 0.1) is 6.10 Å². The molecular formula is C10H15NO. The number of nitrogens with two attached hydrogens (primary N) is 1. The summed E-state index contributed by atoms with van der Waals surface area (Å²) in [6, 6.07) is 8.17. The van der Waals surface area contributed by atoms with E-state index in [1.807, 2.05) is 19.1 Å². The number of methoxy groups -OCH3 is 1. The zero-order valence-corrected chi connectivity index (χ0v) is 7.58. The van der Waals surface area contributed by atoms with Gasteiger partial charge in [-0.3, -0.25) is 0 Å². The minimum atomic E-state index is 0.164. The van der Waals surface area contributed by atoms with Gasteiger partial charge in [0, 0.05) is 13.7 Å². The van der Waals surface area contributed by atoms with Crippen LogP contribution in [0.1, 0.15) is 24.2 Å². The molecule has 0 spiro atoms. The fourth-order valence-electron chi connectivity index (χ4n) is 1.06. The van der Waals surface area contributed by atoms with Gasteiger partial charge in [0.1, 0.15) is 0 Å². The second-order valence-electron chi connectivity index (χ2n) is 2.82. The molecule has 0 unspecified atom stereocenters. The largest absolute Gasteiger partial charge is 0.377 e. The molecule has 1 aromatic rings. The fourth-order valence-corrected chi connectivity index (χ4v) is 1.06. The molecule has 0 saturated carbocycles. The van der Waals surface area contributed by atoms with Crippen LogP contribution in [0.25, 0.3) is 0 Å². The molecule has 2 nitrogen and oxygen atoms in total. The zero-order chi connectivity index (χ0) is 8.97. The molecule has 0 radical (unpaired) electrons. The summed E-state index contributed by atoms with van der Waals surface area (Å²) in [5.41, 5.74) is 7.82. The number of rotatable bonds is 3. The van der Waals surface area contributed by atoms with Gasteiger partial charge < -0.3 is 10.5 Å². The van der Waals surface area contributed by atoms with Crippen molar-refractivity contribution >= 4 is 0 Å². The first-order valence-corrected chi connectivity index (χ1v) is 4.09. The first kappa shape index (κ1) is 9.23. The predicted molar refractivity (Wildman–Crippen MR) is 49.8 cm³/mol. The van der Waals surface area contributed by atoms with E-state index in [1.54, 1.807) is 7.11 Å². The van der Waals surface area contributed by atoms with E-state index in [1.165, 1.54) is 5.56 Å². The van der Waals surface area contributed by atoms with Crippen LogP contribution in [-0.2, 0) is 11.3 Å². The van der Waals surface area contributed by atoms with Gasteiger partial charge in [0.15, 0.2) is 0 Å². The molecule has 66 valence electrons. The van der Waals surface area contributed by atoms with Crippen molar-refractivity contribution in [1.29, 1.82) is 0 Å². The van der Waals surface area contributed by atoms with Gasteiger partial charge in [-0.25, -0.2) is 0 Å². The van der Waals surface area contributed by atoms with Gasteiger partial charge in [-0.15, -0.1) is 0 Å². The second kappa shape index (κ2) is 4.24. The maximum Gasteiger partial charge on any atom is 0.0793 e. The molecule has 1 rings (SSSR count). The van der Waals surface area contributed by atoms with Crippen molar-refractivity contribution in [3.63, 3.8) is 0 Å². The van der Waals surface area contributed by atoms with Crippen LogP contribution in [0.2, 0.25) is 0 Å². The van der Waals surface area contributed by atoms with Gasteiger partial charge in [-0.2, -0.15) is 0 Å². The smallest absolute Gasteiger partial charge is 0.0793 e. The first-order valence-electron chi connectivity index (χ1n) is 4.09. The van der Waals surface area contributed by atoms with Gasteiger partial charge in [0.2, 0.25) is 0 Å². The number of hydrogen-bond donors (Lipinski definition) is 1.